The molecule has 4 fully saturated rings. The zero-order valence-electron chi connectivity index (χ0n) is 30.7. The molecular formula is C40H50FN7O4. The van der Waals surface area contributed by atoms with E-state index in [-0.39, 0.29) is 41.1 Å². The van der Waals surface area contributed by atoms with E-state index in [2.05, 4.69) is 44.7 Å². The van der Waals surface area contributed by atoms with Crippen LogP contribution in [-0.4, -0.2) is 89.7 Å². The molecule has 1 aromatic heterocycles. The van der Waals surface area contributed by atoms with Gasteiger partial charge >= 0.3 is 0 Å². The van der Waals surface area contributed by atoms with Gasteiger partial charge in [-0.1, -0.05) is 12.1 Å². The molecule has 0 bridgehead atoms. The van der Waals surface area contributed by atoms with Gasteiger partial charge in [-0.05, 0) is 106 Å². The van der Waals surface area contributed by atoms with Crippen LogP contribution in [0.15, 0.2) is 47.4 Å². The average molecular weight is 712 g/mol. The number of likely N-dealkylation sites (tertiary alicyclic amines) is 2. The molecule has 0 aliphatic carbocycles. The summed E-state index contributed by atoms with van der Waals surface area (Å²) in [7, 11) is 3.77. The summed E-state index contributed by atoms with van der Waals surface area (Å²) in [4.78, 5) is 56.6. The van der Waals surface area contributed by atoms with E-state index in [1.54, 1.807) is 19.3 Å². The number of carbonyl (C=O) groups is 3. The van der Waals surface area contributed by atoms with Gasteiger partial charge in [-0.15, -0.1) is 0 Å². The molecule has 5 heterocycles. The smallest absolute Gasteiger partial charge is 0.271 e. The van der Waals surface area contributed by atoms with Crippen molar-refractivity contribution < 1.29 is 18.8 Å². The number of amides is 3. The number of aryl methyl sites for hydroxylation is 2. The second kappa shape index (κ2) is 14.4. The molecule has 0 saturated carbocycles. The van der Waals surface area contributed by atoms with Crippen molar-refractivity contribution in [2.75, 3.05) is 56.5 Å². The lowest BCUT2D eigenvalue weighted by atomic mass is 9.71. The third kappa shape index (κ3) is 7.22. The lowest BCUT2D eigenvalue weighted by molar-refractivity contribution is -0.134. The van der Waals surface area contributed by atoms with Crippen LogP contribution in [0.3, 0.4) is 0 Å². The number of halogens is 1. The summed E-state index contributed by atoms with van der Waals surface area (Å²) in [6.07, 6.45) is 7.08. The minimum atomic E-state index is -0.640. The number of nitrogens with zero attached hydrogens (tertiary/aromatic N) is 5. The maximum absolute atomic E-state index is 15.4. The van der Waals surface area contributed by atoms with Crippen molar-refractivity contribution in [1.82, 2.24) is 24.9 Å². The van der Waals surface area contributed by atoms with Gasteiger partial charge in [0.05, 0.1) is 17.8 Å². The quantitative estimate of drug-likeness (QED) is 0.360. The molecule has 276 valence electrons. The molecule has 0 radical (unpaired) electrons. The van der Waals surface area contributed by atoms with Gasteiger partial charge in [0.15, 0.2) is 0 Å². The van der Waals surface area contributed by atoms with Gasteiger partial charge < -0.3 is 20.0 Å². The van der Waals surface area contributed by atoms with Crippen LogP contribution in [0.4, 0.5) is 15.8 Å². The molecule has 7 rings (SSSR count). The number of likely N-dealkylation sites (N-methyl/N-ethyl adjacent to an activating group) is 1. The van der Waals surface area contributed by atoms with E-state index < -0.39 is 11.8 Å². The zero-order chi connectivity index (χ0) is 36.7. The Balaban J connectivity index is 0.921. The molecule has 3 atom stereocenters. The summed E-state index contributed by atoms with van der Waals surface area (Å²) in [6, 6.07) is 11.8. The van der Waals surface area contributed by atoms with E-state index in [9.17, 15) is 19.2 Å². The molecular weight excluding hydrogens is 661 g/mol. The van der Waals surface area contributed by atoms with E-state index >= 15 is 4.39 Å². The third-order valence-electron chi connectivity index (χ3n) is 12.2. The minimum Gasteiger partial charge on any atom is -0.379 e. The molecule has 2 N–H and O–H groups in total. The lowest BCUT2D eigenvalue weighted by Crippen LogP contribution is -2.48. The highest BCUT2D eigenvalue weighted by molar-refractivity contribution is 6.01. The van der Waals surface area contributed by atoms with Gasteiger partial charge in [-0.3, -0.25) is 24.5 Å². The van der Waals surface area contributed by atoms with Crippen LogP contribution in [-0.2, 0) is 16.6 Å². The lowest BCUT2D eigenvalue weighted by Gasteiger charge is -2.47. The molecule has 1 spiro atoms. The van der Waals surface area contributed by atoms with Gasteiger partial charge in [0.1, 0.15) is 5.82 Å². The highest BCUT2D eigenvalue weighted by Crippen LogP contribution is 2.43. The van der Waals surface area contributed by atoms with Crippen LogP contribution in [0.2, 0.25) is 0 Å². The van der Waals surface area contributed by atoms with Gasteiger partial charge in [0.2, 0.25) is 11.8 Å². The highest BCUT2D eigenvalue weighted by atomic mass is 19.1. The molecule has 11 nitrogen and oxygen atoms in total. The van der Waals surface area contributed by atoms with Crippen molar-refractivity contribution >= 4 is 29.1 Å². The van der Waals surface area contributed by atoms with Gasteiger partial charge in [-0.25, -0.2) is 9.07 Å². The first-order valence-electron chi connectivity index (χ1n) is 18.7. The summed E-state index contributed by atoms with van der Waals surface area (Å²) in [5.74, 6) is -1.38. The number of hydrogen-bond acceptors (Lipinski definition) is 8. The fourth-order valence-corrected chi connectivity index (χ4v) is 9.02. The highest BCUT2D eigenvalue weighted by Gasteiger charge is 2.39. The first-order valence-corrected chi connectivity index (χ1v) is 18.7. The van der Waals surface area contributed by atoms with Crippen molar-refractivity contribution in [3.05, 3.63) is 86.6 Å². The standard InChI is InChI=1S/C40H50FN7O4/c1-25-19-31(21-33(41)36(25)32-9-10-35(49)44-37(32)50)47-15-11-40(12-16-47)13-17-48(18-14-40)39(52)28-7-5-27(6-8-28)29-20-30(24-45(3)23-29)43-34-22-42-46(4)38(51)26(34)2/h5-8,19,21-22,29-30,32,43H,9-18,20,23-24H2,1-4H3,(H,44,49,50)/t29-,30+,32?/m1/s1. The Morgan fingerprint density at radius 1 is 0.962 bits per heavy atom. The second-order valence-corrected chi connectivity index (χ2v) is 15.7. The maximum Gasteiger partial charge on any atom is 0.271 e. The predicted octanol–water partition coefficient (Wildman–Crippen LogP) is 4.48. The van der Waals surface area contributed by atoms with E-state index in [4.69, 9.17) is 0 Å². The second-order valence-electron chi connectivity index (χ2n) is 15.7. The Kier molecular flexibility index (Phi) is 9.95. The maximum atomic E-state index is 15.4. The van der Waals surface area contributed by atoms with Gasteiger partial charge in [0, 0.05) is 81.2 Å². The molecule has 3 amide bonds. The first-order chi connectivity index (χ1) is 24.9. The Morgan fingerprint density at radius 3 is 2.33 bits per heavy atom. The number of aromatic nitrogens is 2. The van der Waals surface area contributed by atoms with Crippen molar-refractivity contribution in [2.45, 2.75) is 76.7 Å². The number of hydrogen-bond donors (Lipinski definition) is 2. The van der Waals surface area contributed by atoms with Crippen LogP contribution in [0.1, 0.15) is 89.4 Å². The van der Waals surface area contributed by atoms with Crippen molar-refractivity contribution in [1.29, 1.82) is 0 Å². The number of carbonyl (C=O) groups excluding carboxylic acids is 3. The van der Waals surface area contributed by atoms with Crippen LogP contribution < -0.4 is 21.1 Å². The molecule has 4 aliphatic heterocycles. The monoisotopic (exact) mass is 711 g/mol. The molecule has 4 saturated heterocycles. The number of rotatable bonds is 6. The Morgan fingerprint density at radius 2 is 1.65 bits per heavy atom. The first kappa shape index (κ1) is 35.8. The van der Waals surface area contributed by atoms with Crippen molar-refractivity contribution in [3.63, 3.8) is 0 Å². The van der Waals surface area contributed by atoms with Crippen LogP contribution in [0.5, 0.6) is 0 Å². The fraction of sp³-hybridized carbons (Fsp3) is 0.525. The fourth-order valence-electron chi connectivity index (χ4n) is 9.02. The SMILES string of the molecule is Cc1cc(N2CCC3(CCN(C(=O)c4ccc([C@@H]5C[C@H](Nc6cnn(C)c(=O)c6C)CN(C)C5)cc4)CC3)CC2)cc(F)c1C1CCC(=O)NC1=O. The van der Waals surface area contributed by atoms with E-state index in [0.717, 1.165) is 88.3 Å². The zero-order valence-corrected chi connectivity index (χ0v) is 30.7. The molecule has 4 aliphatic rings. The van der Waals surface area contributed by atoms with Gasteiger partial charge in [0.25, 0.3) is 11.5 Å². The van der Waals surface area contributed by atoms with Gasteiger partial charge in [-0.2, -0.15) is 5.10 Å². The van der Waals surface area contributed by atoms with Crippen LogP contribution in [0, 0.1) is 25.1 Å². The van der Waals surface area contributed by atoms with Crippen molar-refractivity contribution in [2.24, 2.45) is 12.5 Å². The predicted molar refractivity (Wildman–Crippen MR) is 198 cm³/mol. The molecule has 3 aromatic rings. The molecule has 52 heavy (non-hydrogen) atoms. The Bertz CT molecular complexity index is 1890. The average Bonchev–Trinajstić information content (AvgIpc) is 3.12. The summed E-state index contributed by atoms with van der Waals surface area (Å²) in [5, 5.41) is 10.1. The summed E-state index contributed by atoms with van der Waals surface area (Å²) in [6.45, 7) is 8.56. The number of benzene rings is 2. The number of piperidine rings is 4. The Hall–Kier alpha value is -4.58. The summed E-state index contributed by atoms with van der Waals surface area (Å²) < 4.78 is 16.8. The number of nitrogens with one attached hydrogen (secondary N) is 2. The number of anilines is 2. The Labute approximate surface area is 304 Å². The van der Waals surface area contributed by atoms with E-state index in [1.165, 1.54) is 10.2 Å². The normalized spacial score (nSPS) is 23.8. The van der Waals surface area contributed by atoms with Crippen LogP contribution in [0.25, 0.3) is 0 Å². The summed E-state index contributed by atoms with van der Waals surface area (Å²) in [5.41, 5.74) is 5.41. The number of imide groups is 1. The molecule has 1 unspecified atom stereocenters. The van der Waals surface area contributed by atoms with Crippen molar-refractivity contribution in [3.8, 4) is 0 Å². The third-order valence-corrected chi connectivity index (χ3v) is 12.2. The molecule has 12 heteroatoms. The van der Waals surface area contributed by atoms with E-state index in [1.807, 2.05) is 36.9 Å². The van der Waals surface area contributed by atoms with Crippen LogP contribution >= 0.6 is 0 Å². The minimum absolute atomic E-state index is 0.0785. The van der Waals surface area contributed by atoms with E-state index in [0.29, 0.717) is 29.0 Å². The molecule has 2 aromatic carbocycles. The topological polar surface area (TPSA) is 120 Å². The largest absolute Gasteiger partial charge is 0.379 e. The summed E-state index contributed by atoms with van der Waals surface area (Å²) >= 11 is 0.